The van der Waals surface area contributed by atoms with Crippen LogP contribution in [0.1, 0.15) is 18.4 Å². The van der Waals surface area contributed by atoms with Gasteiger partial charge in [0.15, 0.2) is 10.8 Å². The average molecular weight is 316 g/mol. The average Bonchev–Trinajstić information content (AvgIpc) is 2.52. The molecule has 0 bridgehead atoms. The Hall–Kier alpha value is -1.79. The van der Waals surface area contributed by atoms with E-state index >= 15 is 0 Å². The Morgan fingerprint density at radius 2 is 1.90 bits per heavy atom. The van der Waals surface area contributed by atoms with Crippen LogP contribution in [0.5, 0.6) is 0 Å². The molecule has 108 valence electrons. The van der Waals surface area contributed by atoms with E-state index in [0.29, 0.717) is 15.7 Å². The lowest BCUT2D eigenvalue weighted by Gasteiger charge is -2.22. The Morgan fingerprint density at radius 1 is 1.14 bits per heavy atom. The lowest BCUT2D eigenvalue weighted by molar-refractivity contribution is 0.522. The summed E-state index contributed by atoms with van der Waals surface area (Å²) in [7, 11) is 0. The summed E-state index contributed by atoms with van der Waals surface area (Å²) >= 11 is 10.3. The Bertz CT molecular complexity index is 593. The fraction of sp³-hybridized carbons (Fsp3) is 0.267. The van der Waals surface area contributed by atoms with Gasteiger partial charge in [-0.15, -0.1) is 10.2 Å². The number of hydrogen-bond acceptors (Lipinski definition) is 5. The maximum atomic E-state index is 5.23. The summed E-state index contributed by atoms with van der Waals surface area (Å²) in [6.45, 7) is 4.59. The minimum absolute atomic E-state index is 0.311. The summed E-state index contributed by atoms with van der Waals surface area (Å²) in [5.41, 5.74) is 1.35. The van der Waals surface area contributed by atoms with Crippen molar-refractivity contribution in [2.75, 3.05) is 6.54 Å². The second-order valence-electron chi connectivity index (χ2n) is 4.57. The molecule has 1 aromatic carbocycles. The molecule has 21 heavy (non-hydrogen) atoms. The molecule has 0 fully saturated rings. The van der Waals surface area contributed by atoms with Gasteiger partial charge in [-0.1, -0.05) is 61.3 Å². The summed E-state index contributed by atoms with van der Waals surface area (Å²) in [5, 5.41) is 11.3. The van der Waals surface area contributed by atoms with E-state index in [9.17, 15) is 0 Å². The molecule has 1 aliphatic heterocycles. The largest absolute Gasteiger partial charge is 0.331 e. The van der Waals surface area contributed by atoms with Gasteiger partial charge in [0, 0.05) is 6.54 Å². The molecule has 0 aliphatic carbocycles. The van der Waals surface area contributed by atoms with E-state index in [1.54, 1.807) is 6.20 Å². The van der Waals surface area contributed by atoms with Crippen molar-refractivity contribution in [3.63, 3.8) is 0 Å². The van der Waals surface area contributed by atoms with Crippen molar-refractivity contribution in [3.8, 4) is 0 Å². The number of unbranched alkanes of at least 4 members (excludes halogenated alkanes) is 1. The highest BCUT2D eigenvalue weighted by Crippen LogP contribution is 2.09. The highest BCUT2D eigenvalue weighted by Gasteiger charge is 2.20. The third-order valence-electron chi connectivity index (χ3n) is 3.12. The highest BCUT2D eigenvalue weighted by molar-refractivity contribution is 7.90. The molecule has 1 heterocycles. The first kappa shape index (κ1) is 15.6. The zero-order valence-corrected chi connectivity index (χ0v) is 13.2. The minimum Gasteiger partial charge on any atom is -0.331 e. The number of rotatable bonds is 6. The third-order valence-corrected chi connectivity index (χ3v) is 3.91. The number of thiocarbonyl (C=S) groups is 2. The molecule has 6 heteroatoms. The van der Waals surface area contributed by atoms with Crippen LogP contribution in [0.25, 0.3) is 0 Å². The van der Waals surface area contributed by atoms with Crippen molar-refractivity contribution in [1.29, 1.82) is 0 Å². The minimum atomic E-state index is 0.311. The van der Waals surface area contributed by atoms with Crippen molar-refractivity contribution in [1.82, 2.24) is 4.90 Å². The second kappa shape index (κ2) is 7.85. The van der Waals surface area contributed by atoms with Gasteiger partial charge in [0.2, 0.25) is 0 Å². The molecule has 0 amide bonds. The van der Waals surface area contributed by atoms with Gasteiger partial charge < -0.3 is 4.90 Å². The molecule has 0 saturated carbocycles. The summed E-state index contributed by atoms with van der Waals surface area (Å²) in [6, 6.07) is 10.4. The maximum absolute atomic E-state index is 5.23. The molecule has 0 spiro atoms. The van der Waals surface area contributed by atoms with E-state index in [-0.39, 0.29) is 0 Å². The standard InChI is InChI=1S/C15H16N4S2/c1-2-19(14-13(20)15(21)17-18-16-14)11-7-6-10-12-8-4-3-5-9-12/h2-5,8-9H,1,6-7,10-11H2. The first-order chi connectivity index (χ1) is 10.2. The summed E-state index contributed by atoms with van der Waals surface area (Å²) in [5.74, 6) is 0.569. The van der Waals surface area contributed by atoms with Crippen molar-refractivity contribution in [3.05, 3.63) is 48.7 Å². The van der Waals surface area contributed by atoms with E-state index < -0.39 is 0 Å². The molecule has 1 aromatic rings. The predicted molar refractivity (Wildman–Crippen MR) is 93.8 cm³/mol. The van der Waals surface area contributed by atoms with E-state index in [2.05, 4.69) is 46.3 Å². The third kappa shape index (κ3) is 4.34. The molecule has 0 radical (unpaired) electrons. The lowest BCUT2D eigenvalue weighted by Crippen LogP contribution is -2.36. The molecule has 2 rings (SSSR count). The first-order valence-electron chi connectivity index (χ1n) is 6.73. The maximum Gasteiger partial charge on any atom is 0.178 e. The molecule has 0 unspecified atom stereocenters. The highest BCUT2D eigenvalue weighted by atomic mass is 32.1. The first-order valence-corrected chi connectivity index (χ1v) is 7.54. The Kier molecular flexibility index (Phi) is 5.83. The Morgan fingerprint density at radius 3 is 2.62 bits per heavy atom. The number of amidine groups is 1. The summed E-state index contributed by atoms with van der Waals surface area (Å²) in [6.07, 6.45) is 4.85. The molecular weight excluding hydrogens is 300 g/mol. The van der Waals surface area contributed by atoms with Crippen LogP contribution in [0, 0.1) is 0 Å². The van der Waals surface area contributed by atoms with Gasteiger partial charge in [0.25, 0.3) is 0 Å². The molecule has 0 saturated heterocycles. The molecule has 0 aromatic heterocycles. The summed E-state index contributed by atoms with van der Waals surface area (Å²) < 4.78 is 0. The zero-order chi connectivity index (χ0) is 15.1. The quantitative estimate of drug-likeness (QED) is 0.590. The van der Waals surface area contributed by atoms with Gasteiger partial charge >= 0.3 is 0 Å². The number of hydrogen-bond donors (Lipinski definition) is 0. The van der Waals surface area contributed by atoms with Gasteiger partial charge in [-0.2, -0.15) is 0 Å². The van der Waals surface area contributed by atoms with E-state index in [0.717, 1.165) is 25.8 Å². The van der Waals surface area contributed by atoms with Gasteiger partial charge in [-0.25, -0.2) is 0 Å². The van der Waals surface area contributed by atoms with Crippen molar-refractivity contribution >= 4 is 40.1 Å². The van der Waals surface area contributed by atoms with Gasteiger partial charge in [-0.3, -0.25) is 0 Å². The van der Waals surface area contributed by atoms with Crippen LogP contribution in [0.4, 0.5) is 0 Å². The topological polar surface area (TPSA) is 40.3 Å². The molecule has 0 N–H and O–H groups in total. The lowest BCUT2D eigenvalue weighted by atomic mass is 10.1. The van der Waals surface area contributed by atoms with Crippen LogP contribution in [0.15, 0.2) is 58.5 Å². The summed E-state index contributed by atoms with van der Waals surface area (Å²) in [4.78, 5) is 2.66. The van der Waals surface area contributed by atoms with Crippen LogP contribution in [0.3, 0.4) is 0 Å². The smallest absolute Gasteiger partial charge is 0.178 e. The van der Waals surface area contributed by atoms with Crippen LogP contribution < -0.4 is 0 Å². The molecular formula is C15H16N4S2. The van der Waals surface area contributed by atoms with E-state index in [4.69, 9.17) is 24.4 Å². The Labute approximate surface area is 135 Å². The van der Waals surface area contributed by atoms with Crippen molar-refractivity contribution in [2.45, 2.75) is 19.3 Å². The Balaban J connectivity index is 1.84. The van der Waals surface area contributed by atoms with Crippen LogP contribution in [0.2, 0.25) is 0 Å². The van der Waals surface area contributed by atoms with Crippen LogP contribution >= 0.6 is 24.4 Å². The number of nitrogens with zero attached hydrogens (tertiary/aromatic N) is 4. The van der Waals surface area contributed by atoms with Crippen LogP contribution in [-0.4, -0.2) is 27.1 Å². The van der Waals surface area contributed by atoms with Gasteiger partial charge in [0.05, 0.1) is 0 Å². The van der Waals surface area contributed by atoms with Gasteiger partial charge in [0.1, 0.15) is 4.86 Å². The molecule has 1 aliphatic rings. The zero-order valence-electron chi connectivity index (χ0n) is 11.6. The second-order valence-corrected chi connectivity index (χ2v) is 5.36. The van der Waals surface area contributed by atoms with Crippen LogP contribution in [-0.2, 0) is 6.42 Å². The normalized spacial score (nSPS) is 14.0. The fourth-order valence-electron chi connectivity index (χ4n) is 2.02. The van der Waals surface area contributed by atoms with Crippen molar-refractivity contribution < 1.29 is 0 Å². The monoisotopic (exact) mass is 316 g/mol. The fourth-order valence-corrected chi connectivity index (χ4v) is 2.35. The molecule has 0 atom stereocenters. The predicted octanol–water partition coefficient (Wildman–Crippen LogP) is 3.93. The SMILES string of the molecule is C=CN(CCCCc1ccccc1)C1=NN=NC(=S)C1=S. The molecule has 4 nitrogen and oxygen atoms in total. The number of benzene rings is 1. The van der Waals surface area contributed by atoms with Gasteiger partial charge in [-0.05, 0) is 36.2 Å². The van der Waals surface area contributed by atoms with Crippen molar-refractivity contribution in [2.24, 2.45) is 15.4 Å². The van der Waals surface area contributed by atoms with E-state index in [1.165, 1.54) is 5.56 Å². The number of aryl methyl sites for hydroxylation is 1. The van der Waals surface area contributed by atoms with E-state index in [1.807, 2.05) is 11.0 Å².